The number of carbonyl (C=O) groups excluding carboxylic acids is 1. The first-order valence-electron chi connectivity index (χ1n) is 7.01. The molecule has 2 rings (SSSR count). The van der Waals surface area contributed by atoms with E-state index < -0.39 is 6.10 Å². The molecule has 7 heteroatoms. The number of amides is 2. The number of urea groups is 1. The minimum atomic E-state index is -0.432. The van der Waals surface area contributed by atoms with Crippen molar-refractivity contribution < 1.29 is 14.4 Å². The van der Waals surface area contributed by atoms with Crippen molar-refractivity contribution in [1.29, 1.82) is 0 Å². The molecule has 112 valence electrons. The molecule has 7 nitrogen and oxygen atoms in total. The molecule has 0 bridgehead atoms. The molecular weight excluding hydrogens is 260 g/mol. The topological polar surface area (TPSA) is 91.5 Å². The van der Waals surface area contributed by atoms with Crippen molar-refractivity contribution in [2.24, 2.45) is 5.92 Å². The highest BCUT2D eigenvalue weighted by Gasteiger charge is 2.31. The summed E-state index contributed by atoms with van der Waals surface area (Å²) >= 11 is 0. The van der Waals surface area contributed by atoms with Gasteiger partial charge in [0.25, 0.3) is 0 Å². The van der Waals surface area contributed by atoms with E-state index in [2.05, 4.69) is 15.5 Å². The fraction of sp³-hybridized carbons (Fsp3) is 0.769. The third-order valence-corrected chi connectivity index (χ3v) is 3.53. The number of hydrogen-bond donors (Lipinski definition) is 2. The fourth-order valence-electron chi connectivity index (χ4n) is 2.06. The van der Waals surface area contributed by atoms with Crippen molar-refractivity contribution in [1.82, 2.24) is 20.4 Å². The van der Waals surface area contributed by atoms with E-state index in [4.69, 9.17) is 4.52 Å². The van der Waals surface area contributed by atoms with Crippen LogP contribution in [0.3, 0.4) is 0 Å². The molecule has 1 saturated carbocycles. The lowest BCUT2D eigenvalue weighted by Gasteiger charge is -2.23. The molecule has 1 fully saturated rings. The van der Waals surface area contributed by atoms with Gasteiger partial charge in [-0.15, -0.1) is 0 Å². The summed E-state index contributed by atoms with van der Waals surface area (Å²) in [5, 5.41) is 16.5. The third kappa shape index (κ3) is 3.69. The molecule has 20 heavy (non-hydrogen) atoms. The summed E-state index contributed by atoms with van der Waals surface area (Å²) in [6.07, 6.45) is 2.34. The van der Waals surface area contributed by atoms with Gasteiger partial charge in [-0.2, -0.15) is 4.98 Å². The van der Waals surface area contributed by atoms with Gasteiger partial charge in [-0.1, -0.05) is 12.1 Å². The highest BCUT2D eigenvalue weighted by Crippen LogP contribution is 2.32. The normalized spacial score (nSPS) is 17.6. The maximum absolute atomic E-state index is 12.1. The Kier molecular flexibility index (Phi) is 4.59. The van der Waals surface area contributed by atoms with Crippen molar-refractivity contribution in [3.8, 4) is 0 Å². The van der Waals surface area contributed by atoms with Gasteiger partial charge in [0, 0.05) is 20.5 Å². The standard InChI is InChI=1S/C13H22N4O3/c1-4-10(12-14-8(2)20-16-12)15-13(19)17(3)7-11(18)9-5-6-9/h9-11,18H,4-7H2,1-3H3,(H,15,19). The fourth-order valence-corrected chi connectivity index (χ4v) is 2.06. The molecule has 1 heterocycles. The molecule has 0 aliphatic heterocycles. The summed E-state index contributed by atoms with van der Waals surface area (Å²) in [7, 11) is 1.68. The molecule has 2 unspecified atom stereocenters. The number of rotatable bonds is 6. The van der Waals surface area contributed by atoms with Crippen molar-refractivity contribution in [2.45, 2.75) is 45.3 Å². The molecule has 1 aromatic heterocycles. The van der Waals surface area contributed by atoms with Gasteiger partial charge in [-0.25, -0.2) is 4.79 Å². The maximum atomic E-state index is 12.1. The van der Waals surface area contributed by atoms with Gasteiger partial charge in [0.15, 0.2) is 5.82 Å². The summed E-state index contributed by atoms with van der Waals surface area (Å²) in [4.78, 5) is 17.7. The molecule has 2 N–H and O–H groups in total. The van der Waals surface area contributed by atoms with E-state index in [0.717, 1.165) is 12.8 Å². The minimum absolute atomic E-state index is 0.237. The lowest BCUT2D eigenvalue weighted by atomic mass is 10.2. The predicted molar refractivity (Wildman–Crippen MR) is 72.0 cm³/mol. The number of likely N-dealkylation sites (N-methyl/N-ethyl adjacent to an activating group) is 1. The molecule has 0 aromatic carbocycles. The maximum Gasteiger partial charge on any atom is 0.317 e. The smallest absolute Gasteiger partial charge is 0.317 e. The number of aryl methyl sites for hydroxylation is 1. The molecule has 0 saturated heterocycles. The Hall–Kier alpha value is -1.63. The van der Waals surface area contributed by atoms with Crippen LogP contribution in [0.2, 0.25) is 0 Å². The van der Waals surface area contributed by atoms with Gasteiger partial charge in [-0.3, -0.25) is 0 Å². The molecule has 1 aliphatic carbocycles. The molecule has 2 atom stereocenters. The number of nitrogens with one attached hydrogen (secondary N) is 1. The van der Waals surface area contributed by atoms with Crippen LogP contribution in [0.5, 0.6) is 0 Å². The zero-order chi connectivity index (χ0) is 14.7. The highest BCUT2D eigenvalue weighted by molar-refractivity contribution is 5.74. The number of aromatic nitrogens is 2. The SMILES string of the molecule is CCC(NC(=O)N(C)CC(O)C1CC1)c1noc(C)n1. The molecule has 0 radical (unpaired) electrons. The average molecular weight is 282 g/mol. The zero-order valence-corrected chi connectivity index (χ0v) is 12.2. The van der Waals surface area contributed by atoms with Gasteiger partial charge < -0.3 is 19.8 Å². The van der Waals surface area contributed by atoms with Gasteiger partial charge in [0.1, 0.15) is 0 Å². The Labute approximate surface area is 118 Å². The van der Waals surface area contributed by atoms with Crippen LogP contribution in [0.1, 0.15) is 43.9 Å². The van der Waals surface area contributed by atoms with E-state index in [-0.39, 0.29) is 12.1 Å². The molecule has 1 aliphatic rings. The monoisotopic (exact) mass is 282 g/mol. The van der Waals surface area contributed by atoms with Gasteiger partial charge >= 0.3 is 6.03 Å². The molecule has 1 aromatic rings. The van der Waals surface area contributed by atoms with E-state index in [9.17, 15) is 9.90 Å². The lowest BCUT2D eigenvalue weighted by molar-refractivity contribution is 0.112. The van der Waals surface area contributed by atoms with Crippen molar-refractivity contribution in [3.63, 3.8) is 0 Å². The van der Waals surface area contributed by atoms with Crippen LogP contribution >= 0.6 is 0 Å². The third-order valence-electron chi connectivity index (χ3n) is 3.53. The average Bonchev–Trinajstić information content (AvgIpc) is 3.18. The van der Waals surface area contributed by atoms with Crippen LogP contribution in [-0.4, -0.2) is 45.9 Å². The predicted octanol–water partition coefficient (Wildman–Crippen LogP) is 1.24. The Bertz CT molecular complexity index is 458. The van der Waals surface area contributed by atoms with Gasteiger partial charge in [-0.05, 0) is 25.2 Å². The van der Waals surface area contributed by atoms with Crippen LogP contribution in [0.4, 0.5) is 4.79 Å². The molecular formula is C13H22N4O3. The van der Waals surface area contributed by atoms with Crippen molar-refractivity contribution in [2.75, 3.05) is 13.6 Å². The van der Waals surface area contributed by atoms with Crippen LogP contribution in [0.15, 0.2) is 4.52 Å². The first kappa shape index (κ1) is 14.8. The molecule has 2 amide bonds. The minimum Gasteiger partial charge on any atom is -0.391 e. The van der Waals surface area contributed by atoms with Crippen LogP contribution in [0, 0.1) is 12.8 Å². The van der Waals surface area contributed by atoms with Crippen LogP contribution < -0.4 is 5.32 Å². The van der Waals surface area contributed by atoms with E-state index >= 15 is 0 Å². The summed E-state index contributed by atoms with van der Waals surface area (Å²) in [5.41, 5.74) is 0. The Morgan fingerprint density at radius 1 is 1.60 bits per heavy atom. The lowest BCUT2D eigenvalue weighted by Crippen LogP contribution is -2.43. The second-order valence-electron chi connectivity index (χ2n) is 5.37. The van der Waals surface area contributed by atoms with E-state index in [1.807, 2.05) is 6.92 Å². The summed E-state index contributed by atoms with van der Waals surface area (Å²) < 4.78 is 4.93. The Balaban J connectivity index is 1.87. The molecule has 0 spiro atoms. The first-order chi connectivity index (χ1) is 9.51. The van der Waals surface area contributed by atoms with Crippen LogP contribution in [0.25, 0.3) is 0 Å². The number of aliphatic hydroxyl groups excluding tert-OH is 1. The summed E-state index contributed by atoms with van der Waals surface area (Å²) in [6.45, 7) is 4.00. The number of aliphatic hydroxyl groups is 1. The quantitative estimate of drug-likeness (QED) is 0.819. The largest absolute Gasteiger partial charge is 0.391 e. The van der Waals surface area contributed by atoms with Crippen molar-refractivity contribution in [3.05, 3.63) is 11.7 Å². The zero-order valence-electron chi connectivity index (χ0n) is 12.2. The number of hydrogen-bond acceptors (Lipinski definition) is 5. The Morgan fingerprint density at radius 3 is 2.80 bits per heavy atom. The van der Waals surface area contributed by atoms with E-state index in [1.54, 1.807) is 14.0 Å². The van der Waals surface area contributed by atoms with Gasteiger partial charge in [0.05, 0.1) is 12.1 Å². The summed E-state index contributed by atoms with van der Waals surface area (Å²) in [5.74, 6) is 1.31. The Morgan fingerprint density at radius 2 is 2.30 bits per heavy atom. The van der Waals surface area contributed by atoms with E-state index in [0.29, 0.717) is 30.6 Å². The van der Waals surface area contributed by atoms with Crippen molar-refractivity contribution >= 4 is 6.03 Å². The number of nitrogens with zero attached hydrogens (tertiary/aromatic N) is 3. The number of carbonyl (C=O) groups is 1. The van der Waals surface area contributed by atoms with E-state index in [1.165, 1.54) is 4.90 Å². The van der Waals surface area contributed by atoms with Crippen LogP contribution in [-0.2, 0) is 0 Å². The second-order valence-corrected chi connectivity index (χ2v) is 5.37. The summed E-state index contributed by atoms with van der Waals surface area (Å²) in [6, 6.07) is -0.514. The van der Waals surface area contributed by atoms with Gasteiger partial charge in [0.2, 0.25) is 5.89 Å². The first-order valence-corrected chi connectivity index (χ1v) is 7.01. The highest BCUT2D eigenvalue weighted by atomic mass is 16.5. The second kappa shape index (κ2) is 6.21.